The Morgan fingerprint density at radius 1 is 1.07 bits per heavy atom. The Morgan fingerprint density at radius 2 is 1.67 bits per heavy atom. The van der Waals surface area contributed by atoms with Gasteiger partial charge in [0.1, 0.15) is 14.6 Å². The Kier molecular flexibility index (Phi) is 8.14. The minimum atomic E-state index is -3.95. The molecule has 2 aromatic carbocycles. The molecule has 2 aromatic rings. The van der Waals surface area contributed by atoms with E-state index in [1.807, 2.05) is 37.3 Å². The summed E-state index contributed by atoms with van der Waals surface area (Å²) < 4.78 is 32.6. The molecule has 0 heterocycles. The maximum Gasteiger partial charge on any atom is 0.321 e. The second kappa shape index (κ2) is 10.2. The molecule has 0 amide bonds. The number of hydrogen-bond acceptors (Lipinski definition) is 5. The van der Waals surface area contributed by atoms with Gasteiger partial charge in [0.05, 0.1) is 18.6 Å². The molecule has 162 valence electrons. The number of rotatable bonds is 9. The Bertz CT molecular complexity index is 986. The first kappa shape index (κ1) is 24.0. The molecular formula is C22H29NO5SSi. The molecular weight excluding hydrogens is 418 g/mol. The number of aliphatic hydroxyl groups is 1. The maximum atomic E-state index is 13.3. The van der Waals surface area contributed by atoms with E-state index < -0.39 is 30.6 Å². The van der Waals surface area contributed by atoms with Gasteiger partial charge in [-0.1, -0.05) is 77.6 Å². The molecule has 0 aliphatic heterocycles. The van der Waals surface area contributed by atoms with Crippen molar-refractivity contribution in [2.75, 3.05) is 26.8 Å². The highest BCUT2D eigenvalue weighted by Crippen LogP contribution is 2.22. The molecule has 0 fully saturated rings. The third-order valence-electron chi connectivity index (χ3n) is 5.17. The van der Waals surface area contributed by atoms with Gasteiger partial charge in [-0.3, -0.25) is 4.79 Å². The molecule has 0 aliphatic rings. The fourth-order valence-electron chi connectivity index (χ4n) is 3.15. The summed E-state index contributed by atoms with van der Waals surface area (Å²) in [5.74, 6) is -0.645. The molecule has 0 aliphatic carbocycles. The minimum absolute atomic E-state index is 0.0000136. The van der Waals surface area contributed by atoms with E-state index in [4.69, 9.17) is 4.74 Å². The van der Waals surface area contributed by atoms with E-state index in [9.17, 15) is 18.3 Å². The largest absolute Gasteiger partial charge is 0.468 e. The van der Waals surface area contributed by atoms with Gasteiger partial charge in [-0.25, -0.2) is 8.42 Å². The molecule has 0 bridgehead atoms. The van der Waals surface area contributed by atoms with Crippen LogP contribution in [0.15, 0.2) is 70.8 Å². The normalized spacial score (nSPS) is 12.8. The smallest absolute Gasteiger partial charge is 0.321 e. The monoisotopic (exact) mass is 447 g/mol. The number of carbonyl (C=O) groups excluding carboxylic acids is 1. The van der Waals surface area contributed by atoms with Crippen LogP contribution in [0.1, 0.15) is 5.56 Å². The second-order valence-electron chi connectivity index (χ2n) is 7.57. The van der Waals surface area contributed by atoms with Gasteiger partial charge < -0.3 is 9.84 Å². The van der Waals surface area contributed by atoms with Crippen molar-refractivity contribution in [3.8, 4) is 0 Å². The van der Waals surface area contributed by atoms with Crippen molar-refractivity contribution >= 4 is 29.3 Å². The van der Waals surface area contributed by atoms with Crippen LogP contribution in [0.4, 0.5) is 0 Å². The van der Waals surface area contributed by atoms with Crippen molar-refractivity contribution in [1.82, 2.24) is 4.31 Å². The molecule has 0 unspecified atom stereocenters. The average molecular weight is 448 g/mol. The van der Waals surface area contributed by atoms with Crippen LogP contribution in [0.3, 0.4) is 0 Å². The quantitative estimate of drug-likeness (QED) is 0.471. The van der Waals surface area contributed by atoms with E-state index in [2.05, 4.69) is 13.1 Å². The molecule has 1 N–H and O–H groups in total. The van der Waals surface area contributed by atoms with Crippen LogP contribution in [0.2, 0.25) is 13.1 Å². The predicted molar refractivity (Wildman–Crippen MR) is 121 cm³/mol. The van der Waals surface area contributed by atoms with Gasteiger partial charge in [0.15, 0.2) is 0 Å². The van der Waals surface area contributed by atoms with E-state index in [0.717, 1.165) is 20.3 Å². The van der Waals surface area contributed by atoms with E-state index >= 15 is 0 Å². The molecule has 30 heavy (non-hydrogen) atoms. The van der Waals surface area contributed by atoms with Crippen LogP contribution in [0, 0.1) is 6.92 Å². The summed E-state index contributed by atoms with van der Waals surface area (Å²) in [4.78, 5) is 12.1. The van der Waals surface area contributed by atoms with E-state index in [1.165, 1.54) is 19.2 Å². The number of hydrogen-bond donors (Lipinski definition) is 1. The van der Waals surface area contributed by atoms with Crippen LogP contribution >= 0.6 is 0 Å². The molecule has 6 nitrogen and oxygen atoms in total. The summed E-state index contributed by atoms with van der Waals surface area (Å²) in [5.41, 5.74) is 0.937. The average Bonchev–Trinajstić information content (AvgIpc) is 2.73. The summed E-state index contributed by atoms with van der Waals surface area (Å²) in [6.45, 7) is 5.44. The van der Waals surface area contributed by atoms with Crippen LogP contribution in [-0.4, -0.2) is 58.7 Å². The lowest BCUT2D eigenvalue weighted by Gasteiger charge is -2.31. The number of aliphatic hydroxyl groups excluding tert-OH is 1. The third kappa shape index (κ3) is 5.66. The molecule has 0 spiro atoms. The van der Waals surface area contributed by atoms with Crippen molar-refractivity contribution in [2.45, 2.75) is 24.9 Å². The number of aryl methyl sites for hydroxylation is 1. The summed E-state index contributed by atoms with van der Waals surface area (Å²) in [6.07, 6.45) is 1.66. The van der Waals surface area contributed by atoms with Crippen molar-refractivity contribution in [3.05, 3.63) is 71.4 Å². The highest BCUT2D eigenvalue weighted by molar-refractivity contribution is 7.89. The lowest BCUT2D eigenvalue weighted by atomic mass is 10.2. The first-order valence-electron chi connectivity index (χ1n) is 9.62. The number of ether oxygens (including phenoxy) is 1. The Labute approximate surface area is 179 Å². The third-order valence-corrected chi connectivity index (χ3v) is 10.7. The van der Waals surface area contributed by atoms with Gasteiger partial charge >= 0.3 is 5.97 Å². The zero-order chi connectivity index (χ0) is 22.4. The van der Waals surface area contributed by atoms with Crippen molar-refractivity contribution < 1.29 is 23.1 Å². The van der Waals surface area contributed by atoms with Crippen LogP contribution in [-0.2, 0) is 19.6 Å². The number of methoxy groups -OCH3 is 1. The Hall–Kier alpha value is -2.26. The molecule has 0 saturated carbocycles. The minimum Gasteiger partial charge on any atom is -0.468 e. The lowest BCUT2D eigenvalue weighted by molar-refractivity contribution is -0.140. The van der Waals surface area contributed by atoms with Gasteiger partial charge in [0, 0.05) is 6.54 Å². The first-order chi connectivity index (χ1) is 14.1. The number of benzene rings is 2. The van der Waals surface area contributed by atoms with E-state index in [0.29, 0.717) is 0 Å². The number of nitrogens with zero attached hydrogens (tertiary/aromatic N) is 1. The zero-order valence-corrected chi connectivity index (χ0v) is 19.6. The Balaban J connectivity index is 2.48. The van der Waals surface area contributed by atoms with Crippen LogP contribution < -0.4 is 5.19 Å². The highest BCUT2D eigenvalue weighted by Gasteiger charge is 2.34. The van der Waals surface area contributed by atoms with Crippen molar-refractivity contribution in [2.24, 2.45) is 0 Å². The summed E-state index contributed by atoms with van der Waals surface area (Å²) in [6, 6.07) is 16.3. The number of sulfonamides is 1. The van der Waals surface area contributed by atoms with Gasteiger partial charge in [0.2, 0.25) is 10.0 Å². The van der Waals surface area contributed by atoms with Crippen LogP contribution in [0.25, 0.3) is 0 Å². The number of esters is 1. The second-order valence-corrected chi connectivity index (χ2v) is 14.0. The summed E-state index contributed by atoms with van der Waals surface area (Å²) in [7, 11) is -5.02. The molecule has 2 rings (SSSR count). The molecule has 0 aromatic heterocycles. The lowest BCUT2D eigenvalue weighted by Crippen LogP contribution is -2.49. The standard InChI is InChI=1S/C22H29NO5SSi/c1-18-10-12-19(13-11-18)29(26,27)23(17-22(25)28-2)16-21(14-15-24)30(3,4)20-8-6-5-7-9-20/h5-14,24H,15-17H2,1-4H3/b21-14-. The van der Waals surface area contributed by atoms with Crippen molar-refractivity contribution in [1.29, 1.82) is 0 Å². The van der Waals surface area contributed by atoms with Gasteiger partial charge in [-0.2, -0.15) is 4.31 Å². The predicted octanol–water partition coefficient (Wildman–Crippen LogP) is 2.23. The topological polar surface area (TPSA) is 83.9 Å². The van der Waals surface area contributed by atoms with Gasteiger partial charge in [0.25, 0.3) is 0 Å². The number of carbonyl (C=O) groups is 1. The molecule has 0 atom stereocenters. The Morgan fingerprint density at radius 3 is 2.20 bits per heavy atom. The van der Waals surface area contributed by atoms with E-state index in [1.54, 1.807) is 18.2 Å². The van der Waals surface area contributed by atoms with E-state index in [-0.39, 0.29) is 18.0 Å². The SMILES string of the molecule is COC(=O)CN(C/C(=C/CO)[Si](C)(C)c1ccccc1)S(=O)(=O)c1ccc(C)cc1. The zero-order valence-electron chi connectivity index (χ0n) is 17.8. The highest BCUT2D eigenvalue weighted by atomic mass is 32.2. The first-order valence-corrected chi connectivity index (χ1v) is 14.1. The maximum absolute atomic E-state index is 13.3. The molecule has 8 heteroatoms. The summed E-state index contributed by atoms with van der Waals surface area (Å²) >= 11 is 0. The van der Waals surface area contributed by atoms with Crippen molar-refractivity contribution in [3.63, 3.8) is 0 Å². The van der Waals surface area contributed by atoms with Gasteiger partial charge in [-0.05, 0) is 19.1 Å². The molecule has 0 radical (unpaired) electrons. The van der Waals surface area contributed by atoms with Gasteiger partial charge in [-0.15, -0.1) is 0 Å². The van der Waals surface area contributed by atoms with Crippen LogP contribution in [0.5, 0.6) is 0 Å². The fourth-order valence-corrected chi connectivity index (χ4v) is 7.21. The summed E-state index contributed by atoms with van der Waals surface area (Å²) in [5, 5.41) is 11.5. The fraction of sp³-hybridized carbons (Fsp3) is 0.318. The molecule has 0 saturated heterocycles.